The third-order valence-corrected chi connectivity index (χ3v) is 5.31. The fourth-order valence-electron chi connectivity index (χ4n) is 3.13. The number of aromatic carboxylic acids is 1. The number of hydrogen-bond donors (Lipinski definition) is 3. The van der Waals surface area contributed by atoms with Crippen LogP contribution in [0.1, 0.15) is 40.5 Å². The molecular weight excluding hydrogens is 465 g/mol. The highest BCUT2D eigenvalue weighted by atomic mass is 35.5. The number of carboxylic acid groups (broad SMARTS) is 2. The lowest BCUT2D eigenvalue weighted by atomic mass is 9.98. The maximum absolute atomic E-state index is 12.6. The number of anilines is 2. The summed E-state index contributed by atoms with van der Waals surface area (Å²) in [6.07, 6.45) is -2.95. The van der Waals surface area contributed by atoms with Gasteiger partial charge in [-0.05, 0) is 49.1 Å². The second-order valence-electron chi connectivity index (χ2n) is 7.44. The maximum Gasteiger partial charge on any atom is 0.490 e. The average Bonchev–Trinajstić information content (AvgIpc) is 2.74. The number of nitrogens with zero attached hydrogens (tertiary/aromatic N) is 1. The highest BCUT2D eigenvalue weighted by Gasteiger charge is 2.38. The fourth-order valence-corrected chi connectivity index (χ4v) is 3.35. The summed E-state index contributed by atoms with van der Waals surface area (Å²) in [5.74, 6) is -3.47. The summed E-state index contributed by atoms with van der Waals surface area (Å²) in [6.45, 7) is 3.98. The molecule has 1 fully saturated rings. The van der Waals surface area contributed by atoms with Crippen molar-refractivity contribution in [2.24, 2.45) is 5.92 Å². The number of carboxylic acids is 2. The van der Waals surface area contributed by atoms with Gasteiger partial charge in [-0.15, -0.1) is 0 Å². The number of aliphatic carboxylic acids is 1. The third kappa shape index (κ3) is 7.38. The topological polar surface area (TPSA) is 107 Å². The van der Waals surface area contributed by atoms with Crippen molar-refractivity contribution in [3.63, 3.8) is 0 Å². The standard InChI is InChI=1S/C20H21ClN2O3.C2HF3O2/c1-13-8-10-23(11-9-13)18-7-6-14(20(25)26)12-17(18)22-19(24)15-4-2-3-5-16(15)21;3-2(4,5)1(6)7/h2-7,12-13H,8-11H2,1H3,(H,22,24)(H,25,26);(H,6,7). The molecule has 1 aliphatic rings. The van der Waals surface area contributed by atoms with Gasteiger partial charge in [-0.2, -0.15) is 13.2 Å². The molecule has 7 nitrogen and oxygen atoms in total. The van der Waals surface area contributed by atoms with Gasteiger partial charge in [-0.25, -0.2) is 9.59 Å². The van der Waals surface area contributed by atoms with Gasteiger partial charge in [0.2, 0.25) is 0 Å². The number of hydrogen-bond acceptors (Lipinski definition) is 4. The molecule has 11 heteroatoms. The van der Waals surface area contributed by atoms with Crippen molar-refractivity contribution in [2.75, 3.05) is 23.3 Å². The zero-order valence-electron chi connectivity index (χ0n) is 17.5. The Kier molecular flexibility index (Phi) is 8.69. The van der Waals surface area contributed by atoms with Gasteiger partial charge >= 0.3 is 18.1 Å². The van der Waals surface area contributed by atoms with Gasteiger partial charge in [0.15, 0.2) is 0 Å². The van der Waals surface area contributed by atoms with Crippen LogP contribution in [-0.4, -0.2) is 47.3 Å². The van der Waals surface area contributed by atoms with E-state index in [1.807, 2.05) is 0 Å². The minimum Gasteiger partial charge on any atom is -0.478 e. The number of alkyl halides is 3. The van der Waals surface area contributed by atoms with Crippen molar-refractivity contribution in [1.82, 2.24) is 0 Å². The van der Waals surface area contributed by atoms with Crippen molar-refractivity contribution < 1.29 is 37.8 Å². The molecule has 0 unspecified atom stereocenters. The number of amides is 1. The molecule has 0 spiro atoms. The van der Waals surface area contributed by atoms with Crippen molar-refractivity contribution in [3.05, 3.63) is 58.6 Å². The zero-order chi connectivity index (χ0) is 24.8. The Morgan fingerprint density at radius 1 is 1.06 bits per heavy atom. The zero-order valence-corrected chi connectivity index (χ0v) is 18.3. The van der Waals surface area contributed by atoms with Crippen LogP contribution >= 0.6 is 11.6 Å². The van der Waals surface area contributed by atoms with E-state index in [1.165, 1.54) is 6.07 Å². The molecule has 0 aliphatic carbocycles. The Morgan fingerprint density at radius 3 is 2.15 bits per heavy atom. The van der Waals surface area contributed by atoms with Gasteiger partial charge < -0.3 is 20.4 Å². The summed E-state index contributed by atoms with van der Waals surface area (Å²) in [7, 11) is 0. The van der Waals surface area contributed by atoms with Gasteiger partial charge in [-0.3, -0.25) is 4.79 Å². The molecule has 0 atom stereocenters. The number of carbonyl (C=O) groups is 3. The molecule has 1 saturated heterocycles. The van der Waals surface area contributed by atoms with Crippen LogP contribution in [-0.2, 0) is 4.79 Å². The van der Waals surface area contributed by atoms with Crippen LogP contribution in [0.3, 0.4) is 0 Å². The van der Waals surface area contributed by atoms with E-state index in [0.29, 0.717) is 22.2 Å². The van der Waals surface area contributed by atoms with Crippen LogP contribution in [0.4, 0.5) is 24.5 Å². The molecule has 0 radical (unpaired) electrons. The molecule has 3 N–H and O–H groups in total. The molecule has 0 saturated carbocycles. The van der Waals surface area contributed by atoms with Crippen LogP contribution in [0, 0.1) is 5.92 Å². The largest absolute Gasteiger partial charge is 0.490 e. The first kappa shape index (κ1) is 26.0. The van der Waals surface area contributed by atoms with Crippen molar-refractivity contribution in [1.29, 1.82) is 0 Å². The van der Waals surface area contributed by atoms with Crippen LogP contribution in [0.25, 0.3) is 0 Å². The smallest absolute Gasteiger partial charge is 0.478 e. The van der Waals surface area contributed by atoms with E-state index < -0.39 is 18.1 Å². The number of rotatable bonds is 4. The first-order valence-electron chi connectivity index (χ1n) is 9.88. The monoisotopic (exact) mass is 486 g/mol. The molecule has 1 aliphatic heterocycles. The Bertz CT molecular complexity index is 1020. The van der Waals surface area contributed by atoms with E-state index in [1.54, 1.807) is 36.4 Å². The normalized spacial score (nSPS) is 14.2. The fraction of sp³-hybridized carbons (Fsp3) is 0.318. The Morgan fingerprint density at radius 2 is 1.64 bits per heavy atom. The summed E-state index contributed by atoms with van der Waals surface area (Å²) in [4.78, 5) is 35.1. The minimum absolute atomic E-state index is 0.133. The Balaban J connectivity index is 0.000000479. The Hall–Kier alpha value is -3.27. The second-order valence-corrected chi connectivity index (χ2v) is 7.85. The highest BCUT2D eigenvalue weighted by Crippen LogP contribution is 2.31. The summed E-state index contributed by atoms with van der Waals surface area (Å²) in [6, 6.07) is 11.6. The first-order valence-corrected chi connectivity index (χ1v) is 10.3. The van der Waals surface area contributed by atoms with Gasteiger partial charge in [0.1, 0.15) is 0 Å². The van der Waals surface area contributed by atoms with E-state index in [-0.39, 0.29) is 11.5 Å². The minimum atomic E-state index is -5.08. The van der Waals surface area contributed by atoms with E-state index >= 15 is 0 Å². The van der Waals surface area contributed by atoms with Gasteiger partial charge in [0.05, 0.1) is 27.5 Å². The predicted octanol–water partition coefficient (Wildman–Crippen LogP) is 5.16. The maximum atomic E-state index is 12.6. The van der Waals surface area contributed by atoms with Crippen LogP contribution in [0.5, 0.6) is 0 Å². The quantitative estimate of drug-likeness (QED) is 0.551. The number of benzene rings is 2. The number of nitrogens with one attached hydrogen (secondary N) is 1. The number of halogens is 4. The third-order valence-electron chi connectivity index (χ3n) is 4.98. The second kappa shape index (κ2) is 11.0. The van der Waals surface area contributed by atoms with Gasteiger partial charge in [-0.1, -0.05) is 30.7 Å². The first-order chi connectivity index (χ1) is 15.4. The van der Waals surface area contributed by atoms with Crippen LogP contribution in [0.15, 0.2) is 42.5 Å². The summed E-state index contributed by atoms with van der Waals surface area (Å²) >= 11 is 6.11. The van der Waals surface area contributed by atoms with E-state index in [0.717, 1.165) is 31.6 Å². The summed E-state index contributed by atoms with van der Waals surface area (Å²) in [5, 5.41) is 19.6. The SMILES string of the molecule is CC1CCN(c2ccc(C(=O)O)cc2NC(=O)c2ccccc2Cl)CC1.O=C(O)C(F)(F)F. The number of piperidine rings is 1. The lowest BCUT2D eigenvalue weighted by molar-refractivity contribution is -0.192. The molecule has 178 valence electrons. The lowest BCUT2D eigenvalue weighted by Gasteiger charge is -2.33. The van der Waals surface area contributed by atoms with Gasteiger partial charge in [0.25, 0.3) is 5.91 Å². The van der Waals surface area contributed by atoms with Crippen molar-refractivity contribution in [2.45, 2.75) is 25.9 Å². The van der Waals surface area contributed by atoms with Crippen molar-refractivity contribution in [3.8, 4) is 0 Å². The molecule has 2 aromatic rings. The molecular formula is C22H22ClF3N2O5. The van der Waals surface area contributed by atoms with E-state index in [2.05, 4.69) is 17.1 Å². The predicted molar refractivity (Wildman–Crippen MR) is 117 cm³/mol. The molecule has 1 amide bonds. The molecule has 3 rings (SSSR count). The van der Waals surface area contributed by atoms with Crippen LogP contribution in [0.2, 0.25) is 5.02 Å². The molecule has 0 bridgehead atoms. The number of carbonyl (C=O) groups excluding carboxylic acids is 1. The highest BCUT2D eigenvalue weighted by molar-refractivity contribution is 6.34. The van der Waals surface area contributed by atoms with E-state index in [4.69, 9.17) is 21.5 Å². The van der Waals surface area contributed by atoms with E-state index in [9.17, 15) is 27.9 Å². The Labute approximate surface area is 192 Å². The summed E-state index contributed by atoms with van der Waals surface area (Å²) < 4.78 is 31.7. The molecule has 1 heterocycles. The molecule has 0 aromatic heterocycles. The van der Waals surface area contributed by atoms with Crippen molar-refractivity contribution >= 4 is 40.8 Å². The molecule has 2 aromatic carbocycles. The van der Waals surface area contributed by atoms with Gasteiger partial charge in [0, 0.05) is 13.1 Å². The van der Waals surface area contributed by atoms with Crippen LogP contribution < -0.4 is 10.2 Å². The average molecular weight is 487 g/mol. The molecule has 33 heavy (non-hydrogen) atoms. The lowest BCUT2D eigenvalue weighted by Crippen LogP contribution is -2.33. The summed E-state index contributed by atoms with van der Waals surface area (Å²) in [5.41, 5.74) is 1.81.